The van der Waals surface area contributed by atoms with E-state index >= 15 is 0 Å². The van der Waals surface area contributed by atoms with Crippen molar-refractivity contribution >= 4 is 11.9 Å². The molecule has 0 rings (SSSR count). The van der Waals surface area contributed by atoms with Gasteiger partial charge >= 0.3 is 5.97 Å². The summed E-state index contributed by atoms with van der Waals surface area (Å²) in [6, 6.07) is 0. The second kappa shape index (κ2) is 9.77. The molecule has 124 valence electrons. The minimum Gasteiger partial charge on any atom is -0.465 e. The lowest BCUT2D eigenvalue weighted by Gasteiger charge is -2.27. The van der Waals surface area contributed by atoms with Crippen LogP contribution >= 0.6 is 0 Å². The summed E-state index contributed by atoms with van der Waals surface area (Å²) >= 11 is 0. The average molecular weight is 301 g/mol. The van der Waals surface area contributed by atoms with E-state index in [0.29, 0.717) is 25.7 Å². The summed E-state index contributed by atoms with van der Waals surface area (Å²) in [5.41, 5.74) is -0.477. The van der Waals surface area contributed by atoms with Crippen LogP contribution in [-0.4, -0.2) is 38.2 Å². The molecule has 0 fully saturated rings. The van der Waals surface area contributed by atoms with E-state index < -0.39 is 17.3 Å². The fourth-order valence-corrected chi connectivity index (χ4v) is 1.85. The number of amides is 1. The Morgan fingerprint density at radius 1 is 1.14 bits per heavy atom. The van der Waals surface area contributed by atoms with Crippen molar-refractivity contribution in [1.29, 1.82) is 0 Å². The Balaban J connectivity index is 4.22. The van der Waals surface area contributed by atoms with Gasteiger partial charge in [-0.1, -0.05) is 34.6 Å². The number of hydrogen-bond acceptors (Lipinski definition) is 4. The molecule has 0 aromatic carbocycles. The summed E-state index contributed by atoms with van der Waals surface area (Å²) in [7, 11) is 0. The van der Waals surface area contributed by atoms with Gasteiger partial charge in [-0.15, -0.1) is 0 Å². The highest BCUT2D eigenvalue weighted by Crippen LogP contribution is 2.27. The third-order valence-corrected chi connectivity index (χ3v) is 3.04. The molecule has 0 bridgehead atoms. The third-order valence-electron chi connectivity index (χ3n) is 3.04. The van der Waals surface area contributed by atoms with E-state index in [1.54, 1.807) is 6.92 Å². The van der Waals surface area contributed by atoms with Crippen LogP contribution in [-0.2, 0) is 19.1 Å². The molecule has 0 spiro atoms. The van der Waals surface area contributed by atoms with Crippen LogP contribution in [0.15, 0.2) is 0 Å². The first-order valence-electron chi connectivity index (χ1n) is 7.72. The van der Waals surface area contributed by atoms with Gasteiger partial charge in [-0.25, -0.2) is 0 Å². The summed E-state index contributed by atoms with van der Waals surface area (Å²) in [5, 5.41) is 2.75. The summed E-state index contributed by atoms with van der Waals surface area (Å²) in [4.78, 5) is 24.1. The van der Waals surface area contributed by atoms with E-state index in [4.69, 9.17) is 9.47 Å². The Morgan fingerprint density at radius 3 is 2.24 bits per heavy atom. The molecule has 1 unspecified atom stereocenters. The molecule has 0 aliphatic heterocycles. The summed E-state index contributed by atoms with van der Waals surface area (Å²) in [6.45, 7) is 13.4. The third kappa shape index (κ3) is 8.71. The average Bonchev–Trinajstić information content (AvgIpc) is 2.31. The standard InChI is InChI=1S/C16H31NO4/c1-7-21-15(19)13(16(4,5)6)14(18)17-9-11-20-10-8-12(2)3/h12-13H,7-11H2,1-6H3,(H,17,18). The van der Waals surface area contributed by atoms with Crippen LogP contribution < -0.4 is 5.32 Å². The number of nitrogens with one attached hydrogen (secondary N) is 1. The Hall–Kier alpha value is -1.10. The van der Waals surface area contributed by atoms with Gasteiger partial charge in [-0.3, -0.25) is 9.59 Å². The predicted molar refractivity (Wildman–Crippen MR) is 82.9 cm³/mol. The molecule has 0 aliphatic carbocycles. The van der Waals surface area contributed by atoms with Gasteiger partial charge in [0.05, 0.1) is 13.2 Å². The summed E-state index contributed by atoms with van der Waals surface area (Å²) < 4.78 is 10.4. The smallest absolute Gasteiger partial charge is 0.319 e. The largest absolute Gasteiger partial charge is 0.465 e. The monoisotopic (exact) mass is 301 g/mol. The quantitative estimate of drug-likeness (QED) is 0.403. The summed E-state index contributed by atoms with van der Waals surface area (Å²) in [5.74, 6) is -0.960. The lowest BCUT2D eigenvalue weighted by atomic mass is 9.80. The molecule has 1 N–H and O–H groups in total. The maximum Gasteiger partial charge on any atom is 0.319 e. The van der Waals surface area contributed by atoms with Gasteiger partial charge in [-0.2, -0.15) is 0 Å². The second-order valence-electron chi connectivity index (χ2n) is 6.64. The van der Waals surface area contributed by atoms with E-state index in [0.717, 1.165) is 6.42 Å². The van der Waals surface area contributed by atoms with Crippen LogP contribution in [0.5, 0.6) is 0 Å². The fraction of sp³-hybridized carbons (Fsp3) is 0.875. The molecule has 0 radical (unpaired) electrons. The molecule has 5 nitrogen and oxygen atoms in total. The number of ether oxygens (including phenoxy) is 2. The molecule has 1 atom stereocenters. The predicted octanol–water partition coefficient (Wildman–Crippen LogP) is 2.39. The normalized spacial score (nSPS) is 13.1. The first kappa shape index (κ1) is 19.9. The highest BCUT2D eigenvalue weighted by molar-refractivity contribution is 5.98. The number of carbonyl (C=O) groups is 2. The van der Waals surface area contributed by atoms with E-state index in [-0.39, 0.29) is 12.5 Å². The molecule has 1 amide bonds. The molecular weight excluding hydrogens is 270 g/mol. The molecule has 0 saturated heterocycles. The maximum atomic E-state index is 12.2. The van der Waals surface area contributed by atoms with E-state index in [9.17, 15) is 9.59 Å². The van der Waals surface area contributed by atoms with Crippen LogP contribution in [0.25, 0.3) is 0 Å². The lowest BCUT2D eigenvalue weighted by molar-refractivity contribution is -0.156. The van der Waals surface area contributed by atoms with Crippen molar-refractivity contribution in [3.63, 3.8) is 0 Å². The fourth-order valence-electron chi connectivity index (χ4n) is 1.85. The van der Waals surface area contributed by atoms with Crippen molar-refractivity contribution in [1.82, 2.24) is 5.32 Å². The van der Waals surface area contributed by atoms with Crippen molar-refractivity contribution < 1.29 is 19.1 Å². The van der Waals surface area contributed by atoms with Crippen LogP contribution in [0, 0.1) is 17.3 Å². The van der Waals surface area contributed by atoms with Gasteiger partial charge in [0.25, 0.3) is 0 Å². The second-order valence-corrected chi connectivity index (χ2v) is 6.64. The lowest BCUT2D eigenvalue weighted by Crippen LogP contribution is -2.44. The van der Waals surface area contributed by atoms with Gasteiger partial charge in [-0.05, 0) is 24.7 Å². The maximum absolute atomic E-state index is 12.2. The van der Waals surface area contributed by atoms with Crippen molar-refractivity contribution in [2.75, 3.05) is 26.4 Å². The van der Waals surface area contributed by atoms with E-state index in [1.807, 2.05) is 20.8 Å². The summed E-state index contributed by atoms with van der Waals surface area (Å²) in [6.07, 6.45) is 1.00. The highest BCUT2D eigenvalue weighted by Gasteiger charge is 2.38. The van der Waals surface area contributed by atoms with E-state index in [2.05, 4.69) is 19.2 Å². The molecule has 0 saturated carbocycles. The Kier molecular flexibility index (Phi) is 9.26. The zero-order chi connectivity index (χ0) is 16.5. The molecule has 0 aliphatic rings. The van der Waals surface area contributed by atoms with Crippen molar-refractivity contribution in [2.24, 2.45) is 17.3 Å². The first-order valence-corrected chi connectivity index (χ1v) is 7.72. The van der Waals surface area contributed by atoms with Gasteiger partial charge in [0.15, 0.2) is 0 Å². The van der Waals surface area contributed by atoms with Gasteiger partial charge < -0.3 is 14.8 Å². The number of rotatable bonds is 9. The number of carbonyl (C=O) groups excluding carboxylic acids is 2. The molecule has 0 aromatic heterocycles. The zero-order valence-corrected chi connectivity index (χ0v) is 14.3. The minimum atomic E-state index is -0.798. The number of esters is 1. The SMILES string of the molecule is CCOC(=O)C(C(=O)NCCOCCC(C)C)C(C)(C)C. The van der Waals surface area contributed by atoms with Gasteiger partial charge in [0, 0.05) is 13.2 Å². The Bertz CT molecular complexity index is 321. The van der Waals surface area contributed by atoms with Gasteiger partial charge in [0.1, 0.15) is 5.92 Å². The van der Waals surface area contributed by atoms with Crippen LogP contribution in [0.3, 0.4) is 0 Å². The minimum absolute atomic E-state index is 0.275. The van der Waals surface area contributed by atoms with Crippen molar-refractivity contribution in [3.05, 3.63) is 0 Å². The Morgan fingerprint density at radius 2 is 1.76 bits per heavy atom. The highest BCUT2D eigenvalue weighted by atomic mass is 16.5. The molecule has 21 heavy (non-hydrogen) atoms. The Labute approximate surface area is 128 Å². The first-order chi connectivity index (χ1) is 9.70. The van der Waals surface area contributed by atoms with Crippen LogP contribution in [0.1, 0.15) is 48.0 Å². The van der Waals surface area contributed by atoms with Crippen molar-refractivity contribution in [2.45, 2.75) is 48.0 Å². The molecule has 5 heteroatoms. The van der Waals surface area contributed by atoms with Crippen molar-refractivity contribution in [3.8, 4) is 0 Å². The topological polar surface area (TPSA) is 64.6 Å². The van der Waals surface area contributed by atoms with Crippen LogP contribution in [0.2, 0.25) is 0 Å². The van der Waals surface area contributed by atoms with Gasteiger partial charge in [0.2, 0.25) is 5.91 Å². The molecule has 0 aromatic rings. The van der Waals surface area contributed by atoms with Crippen LogP contribution in [0.4, 0.5) is 0 Å². The number of hydrogen-bond donors (Lipinski definition) is 1. The molecule has 0 heterocycles. The van der Waals surface area contributed by atoms with E-state index in [1.165, 1.54) is 0 Å². The zero-order valence-electron chi connectivity index (χ0n) is 14.3. The molecular formula is C16H31NO4.